The summed E-state index contributed by atoms with van der Waals surface area (Å²) in [6.07, 6.45) is 1.59. The molecule has 0 aliphatic heterocycles. The number of rotatable bonds is 5. The van der Waals surface area contributed by atoms with Crippen LogP contribution < -0.4 is 5.32 Å². The van der Waals surface area contributed by atoms with Crippen LogP contribution in [0.1, 0.15) is 36.7 Å². The minimum Gasteiger partial charge on any atom is -0.480 e. The van der Waals surface area contributed by atoms with Crippen LogP contribution in [0.2, 0.25) is 0 Å². The van der Waals surface area contributed by atoms with E-state index in [1.165, 1.54) is 6.92 Å². The summed E-state index contributed by atoms with van der Waals surface area (Å²) >= 11 is 0. The summed E-state index contributed by atoms with van der Waals surface area (Å²) in [7, 11) is 0. The lowest BCUT2D eigenvalue weighted by Crippen LogP contribution is -2.38. The molecule has 0 saturated carbocycles. The van der Waals surface area contributed by atoms with Crippen LogP contribution in [0.15, 0.2) is 0 Å². The summed E-state index contributed by atoms with van der Waals surface area (Å²) in [6.45, 7) is 3.36. The third-order valence-electron chi connectivity index (χ3n) is 1.94. The third-order valence-corrected chi connectivity index (χ3v) is 1.94. The Bertz CT molecular complexity index is 388. The van der Waals surface area contributed by atoms with Gasteiger partial charge in [0.15, 0.2) is 0 Å². The van der Waals surface area contributed by atoms with Gasteiger partial charge in [0.2, 0.25) is 5.82 Å². The molecule has 0 aromatic carbocycles. The van der Waals surface area contributed by atoms with Crippen molar-refractivity contribution in [2.45, 2.75) is 32.7 Å². The molecule has 1 aromatic rings. The summed E-state index contributed by atoms with van der Waals surface area (Å²) in [5.41, 5.74) is 0. The zero-order chi connectivity index (χ0) is 12.1. The number of hydrogen-bond acceptors (Lipinski definition) is 4. The first-order chi connectivity index (χ1) is 7.54. The van der Waals surface area contributed by atoms with Crippen LogP contribution >= 0.6 is 0 Å². The molecule has 7 nitrogen and oxygen atoms in total. The molecule has 0 radical (unpaired) electrons. The van der Waals surface area contributed by atoms with Gasteiger partial charge >= 0.3 is 5.97 Å². The fourth-order valence-electron chi connectivity index (χ4n) is 1.07. The number of carbonyl (C=O) groups excluding carboxylic acids is 1. The monoisotopic (exact) mass is 226 g/mol. The molecule has 0 fully saturated rings. The van der Waals surface area contributed by atoms with E-state index in [0.29, 0.717) is 12.2 Å². The van der Waals surface area contributed by atoms with Crippen LogP contribution in [0.25, 0.3) is 0 Å². The van der Waals surface area contributed by atoms with Crippen molar-refractivity contribution in [3.8, 4) is 0 Å². The van der Waals surface area contributed by atoms with E-state index in [2.05, 4.69) is 20.5 Å². The number of aromatic amines is 1. The van der Waals surface area contributed by atoms with Crippen molar-refractivity contribution in [2.75, 3.05) is 0 Å². The van der Waals surface area contributed by atoms with E-state index in [-0.39, 0.29) is 5.82 Å². The lowest BCUT2D eigenvalue weighted by molar-refractivity contribution is -0.138. The Morgan fingerprint density at radius 2 is 2.25 bits per heavy atom. The van der Waals surface area contributed by atoms with Gasteiger partial charge in [-0.2, -0.15) is 0 Å². The number of nitrogens with zero attached hydrogens (tertiary/aromatic N) is 2. The van der Waals surface area contributed by atoms with Crippen molar-refractivity contribution in [2.24, 2.45) is 0 Å². The second-order valence-corrected chi connectivity index (χ2v) is 3.39. The summed E-state index contributed by atoms with van der Waals surface area (Å²) < 4.78 is 0. The molecule has 1 heterocycles. The van der Waals surface area contributed by atoms with E-state index in [1.807, 2.05) is 6.92 Å². The average Bonchev–Trinajstić information content (AvgIpc) is 2.66. The number of nitrogens with one attached hydrogen (secondary N) is 2. The third kappa shape index (κ3) is 3.04. The highest BCUT2D eigenvalue weighted by atomic mass is 16.4. The number of carboxylic acid groups (broad SMARTS) is 1. The van der Waals surface area contributed by atoms with Crippen LogP contribution in [0.3, 0.4) is 0 Å². The van der Waals surface area contributed by atoms with Crippen molar-refractivity contribution in [1.82, 2.24) is 20.5 Å². The quantitative estimate of drug-likeness (QED) is 0.652. The molecule has 88 valence electrons. The number of aryl methyl sites for hydroxylation is 1. The summed E-state index contributed by atoms with van der Waals surface area (Å²) in [5, 5.41) is 17.2. The molecule has 0 bridgehead atoms. The molecule has 1 amide bonds. The van der Waals surface area contributed by atoms with E-state index >= 15 is 0 Å². The highest BCUT2D eigenvalue weighted by Crippen LogP contribution is 1.97. The van der Waals surface area contributed by atoms with Crippen LogP contribution in [0.4, 0.5) is 0 Å². The minimum atomic E-state index is -1.10. The Morgan fingerprint density at radius 3 is 2.81 bits per heavy atom. The molecule has 1 rings (SSSR count). The van der Waals surface area contributed by atoms with Gasteiger partial charge in [-0.15, -0.1) is 5.10 Å². The molecule has 0 spiro atoms. The highest BCUT2D eigenvalue weighted by Gasteiger charge is 2.18. The molecular formula is C9H14N4O3. The van der Waals surface area contributed by atoms with Crippen molar-refractivity contribution in [3.63, 3.8) is 0 Å². The summed E-state index contributed by atoms with van der Waals surface area (Å²) in [6, 6.07) is -0.958. The molecule has 0 aliphatic carbocycles. The van der Waals surface area contributed by atoms with Crippen molar-refractivity contribution < 1.29 is 14.7 Å². The van der Waals surface area contributed by atoms with E-state index in [0.717, 1.165) is 6.42 Å². The fraction of sp³-hybridized carbons (Fsp3) is 0.556. The molecule has 0 saturated heterocycles. The van der Waals surface area contributed by atoms with Gasteiger partial charge in [-0.1, -0.05) is 6.92 Å². The van der Waals surface area contributed by atoms with E-state index in [9.17, 15) is 9.59 Å². The van der Waals surface area contributed by atoms with Gasteiger partial charge in [-0.25, -0.2) is 4.98 Å². The maximum Gasteiger partial charge on any atom is 0.325 e. The maximum absolute atomic E-state index is 11.5. The normalized spacial score (nSPS) is 12.1. The van der Waals surface area contributed by atoms with Crippen molar-refractivity contribution in [3.05, 3.63) is 11.6 Å². The van der Waals surface area contributed by atoms with Crippen LogP contribution in [-0.2, 0) is 11.2 Å². The van der Waals surface area contributed by atoms with Gasteiger partial charge < -0.3 is 10.4 Å². The average molecular weight is 226 g/mol. The number of hydrogen-bond donors (Lipinski definition) is 3. The van der Waals surface area contributed by atoms with Crippen LogP contribution in [0, 0.1) is 0 Å². The maximum atomic E-state index is 11.5. The summed E-state index contributed by atoms with van der Waals surface area (Å²) in [4.78, 5) is 25.9. The largest absolute Gasteiger partial charge is 0.480 e. The first-order valence-electron chi connectivity index (χ1n) is 4.99. The highest BCUT2D eigenvalue weighted by molar-refractivity contribution is 5.93. The Balaban J connectivity index is 2.62. The minimum absolute atomic E-state index is 0.0310. The first kappa shape index (κ1) is 12.2. The van der Waals surface area contributed by atoms with Gasteiger partial charge in [0.05, 0.1) is 0 Å². The molecule has 1 unspecified atom stereocenters. The van der Waals surface area contributed by atoms with Gasteiger partial charge in [-0.3, -0.25) is 14.7 Å². The first-order valence-corrected chi connectivity index (χ1v) is 4.99. The predicted molar refractivity (Wildman–Crippen MR) is 54.9 cm³/mol. The molecule has 16 heavy (non-hydrogen) atoms. The number of carboxylic acids is 1. The Kier molecular flexibility index (Phi) is 3.98. The standard InChI is InChI=1S/C9H14N4O3/c1-3-4-6-11-7(13-12-6)8(14)10-5(2)9(15)16/h5H,3-4H2,1-2H3,(H,10,14)(H,15,16)(H,11,12,13). The van der Waals surface area contributed by atoms with Crippen molar-refractivity contribution in [1.29, 1.82) is 0 Å². The number of aromatic nitrogens is 3. The molecular weight excluding hydrogens is 212 g/mol. The molecule has 7 heteroatoms. The lowest BCUT2D eigenvalue weighted by Gasteiger charge is -2.05. The lowest BCUT2D eigenvalue weighted by atomic mass is 10.3. The number of amides is 1. The summed E-state index contributed by atoms with van der Waals surface area (Å²) in [5.74, 6) is -1.10. The van der Waals surface area contributed by atoms with Gasteiger partial charge in [0.1, 0.15) is 11.9 Å². The number of carbonyl (C=O) groups is 2. The van der Waals surface area contributed by atoms with E-state index in [4.69, 9.17) is 5.11 Å². The molecule has 0 aliphatic rings. The SMILES string of the molecule is CCCc1nc(C(=O)NC(C)C(=O)O)n[nH]1. The van der Waals surface area contributed by atoms with Crippen LogP contribution in [-0.4, -0.2) is 38.2 Å². The topological polar surface area (TPSA) is 108 Å². The second-order valence-electron chi connectivity index (χ2n) is 3.39. The smallest absolute Gasteiger partial charge is 0.325 e. The van der Waals surface area contributed by atoms with Gasteiger partial charge in [0.25, 0.3) is 5.91 Å². The zero-order valence-electron chi connectivity index (χ0n) is 9.15. The Morgan fingerprint density at radius 1 is 1.56 bits per heavy atom. The fourth-order valence-corrected chi connectivity index (χ4v) is 1.07. The van der Waals surface area contributed by atoms with Gasteiger partial charge in [-0.05, 0) is 13.3 Å². The Hall–Kier alpha value is -1.92. The van der Waals surface area contributed by atoms with Crippen molar-refractivity contribution >= 4 is 11.9 Å². The second kappa shape index (κ2) is 5.24. The molecule has 1 atom stereocenters. The number of H-pyrrole nitrogens is 1. The zero-order valence-corrected chi connectivity index (χ0v) is 9.15. The Labute approximate surface area is 92.3 Å². The van der Waals surface area contributed by atoms with E-state index < -0.39 is 17.9 Å². The molecule has 1 aromatic heterocycles. The predicted octanol–water partition coefficient (Wildman–Crippen LogP) is -0.0399. The van der Waals surface area contributed by atoms with Gasteiger partial charge in [0, 0.05) is 6.42 Å². The van der Waals surface area contributed by atoms with E-state index in [1.54, 1.807) is 0 Å². The van der Waals surface area contributed by atoms with Crippen LogP contribution in [0.5, 0.6) is 0 Å². The number of aliphatic carboxylic acids is 1. The molecule has 3 N–H and O–H groups in total.